The van der Waals surface area contributed by atoms with Gasteiger partial charge in [0, 0.05) is 27.5 Å². The molecular formula is C54H58O7P2. The van der Waals surface area contributed by atoms with Crippen LogP contribution < -0.4 is 22.8 Å². The molecule has 326 valence electrons. The summed E-state index contributed by atoms with van der Waals surface area (Å²) in [6, 6.07) is 25.7. The highest BCUT2D eigenvalue weighted by molar-refractivity contribution is 7.43. The summed E-state index contributed by atoms with van der Waals surface area (Å²) in [6.45, 7) is 18.9. The monoisotopic (exact) mass is 880 g/mol. The summed E-state index contributed by atoms with van der Waals surface area (Å²) in [5.74, 6) is 3.50. The third-order valence-corrected chi connectivity index (χ3v) is 15.0. The van der Waals surface area contributed by atoms with Gasteiger partial charge in [0.15, 0.2) is 0 Å². The highest BCUT2D eigenvalue weighted by atomic mass is 31.2. The maximum atomic E-state index is 7.21. The van der Waals surface area contributed by atoms with Gasteiger partial charge in [-0.25, -0.2) is 0 Å². The number of ether oxygens (including phenoxy) is 1. The lowest BCUT2D eigenvalue weighted by Gasteiger charge is -2.26. The van der Waals surface area contributed by atoms with Crippen molar-refractivity contribution in [2.75, 3.05) is 7.11 Å². The first-order valence-electron chi connectivity index (χ1n) is 22.3. The topological polar surface area (TPSA) is 72.4 Å². The Morgan fingerprint density at radius 3 is 1.49 bits per heavy atom. The Morgan fingerprint density at radius 1 is 0.476 bits per heavy atom. The standard InChI is InChI=1S/C54H58O7P2/c1-31-23-34(4)51-46(25-31)47-26-32(2)24-35(5)52(47)59-63(58-51)61-53-36(6)27-33(3)38(8)49(53)50-39(9)48(55-10)28-37(7)54(50)60-62(56-44-21-19-40-15-11-13-17-42(40)29-44)57-45-22-20-41-16-12-14-18-43(41)30-45/h19-30H,11-18H2,1-10H3. The second-order valence-electron chi connectivity index (χ2n) is 17.8. The number of aryl methyl sites for hydroxylation is 11. The molecule has 2 aliphatic carbocycles. The Kier molecular flexibility index (Phi) is 12.0. The lowest BCUT2D eigenvalue weighted by atomic mass is 9.89. The summed E-state index contributed by atoms with van der Waals surface area (Å²) >= 11 is 0. The molecule has 9 rings (SSSR count). The van der Waals surface area contributed by atoms with Crippen LogP contribution in [0.2, 0.25) is 0 Å². The van der Waals surface area contributed by atoms with Gasteiger partial charge in [0.05, 0.1) is 7.11 Å². The van der Waals surface area contributed by atoms with Crippen molar-refractivity contribution in [1.82, 2.24) is 0 Å². The lowest BCUT2D eigenvalue weighted by Crippen LogP contribution is -2.08. The molecule has 7 aromatic rings. The smallest absolute Gasteiger partial charge is 0.496 e. The van der Waals surface area contributed by atoms with Crippen molar-refractivity contribution in [3.05, 3.63) is 145 Å². The van der Waals surface area contributed by atoms with Crippen molar-refractivity contribution < 1.29 is 31.2 Å². The molecule has 1 heterocycles. The van der Waals surface area contributed by atoms with Gasteiger partial charge >= 0.3 is 16.8 Å². The number of methoxy groups -OCH3 is 1. The van der Waals surface area contributed by atoms with Crippen LogP contribution in [-0.4, -0.2) is 7.11 Å². The predicted octanol–water partition coefficient (Wildman–Crippen LogP) is 16.1. The molecule has 7 nitrogen and oxygen atoms in total. The molecule has 63 heavy (non-hydrogen) atoms. The van der Waals surface area contributed by atoms with Crippen LogP contribution in [0.25, 0.3) is 33.1 Å². The number of benzene rings is 6. The zero-order valence-electron chi connectivity index (χ0n) is 38.3. The molecular weight excluding hydrogens is 823 g/mol. The van der Waals surface area contributed by atoms with Crippen LogP contribution in [0.15, 0.2) is 81.2 Å². The van der Waals surface area contributed by atoms with E-state index in [1.54, 1.807) is 7.11 Å². The van der Waals surface area contributed by atoms with E-state index in [2.05, 4.69) is 129 Å². The summed E-state index contributed by atoms with van der Waals surface area (Å²) in [4.78, 5) is 0. The molecule has 0 unspecified atom stereocenters. The Morgan fingerprint density at radius 2 is 0.968 bits per heavy atom. The first kappa shape index (κ1) is 42.9. The van der Waals surface area contributed by atoms with Crippen molar-refractivity contribution in [2.45, 2.75) is 114 Å². The van der Waals surface area contributed by atoms with E-state index >= 15 is 0 Å². The SMILES string of the molecule is COc1cc(C)c(OP(Oc2ccc3c(c2)CCCC3)Oc2ccc3c(c2)CCCC3)c(-c2c(C)c(C)cc(C)c2Op2oc3c(C)cc(C)cc3c3cc(C)cc(C)c3o2)c1C. The second-order valence-corrected chi connectivity index (χ2v) is 19.7. The highest BCUT2D eigenvalue weighted by Gasteiger charge is 2.30. The van der Waals surface area contributed by atoms with Gasteiger partial charge in [0.2, 0.25) is 0 Å². The van der Waals surface area contributed by atoms with E-state index in [-0.39, 0.29) is 0 Å². The third kappa shape index (κ3) is 8.55. The van der Waals surface area contributed by atoms with E-state index in [0.29, 0.717) is 11.5 Å². The van der Waals surface area contributed by atoms with Crippen molar-refractivity contribution in [3.63, 3.8) is 0 Å². The van der Waals surface area contributed by atoms with E-state index in [1.165, 1.54) is 47.9 Å². The van der Waals surface area contributed by atoms with Gasteiger partial charge in [0.25, 0.3) is 0 Å². The molecule has 6 aromatic carbocycles. The Hall–Kier alpha value is -5.35. The van der Waals surface area contributed by atoms with Gasteiger partial charge < -0.3 is 31.2 Å². The number of hydrogen-bond donors (Lipinski definition) is 0. The molecule has 0 spiro atoms. The zero-order chi connectivity index (χ0) is 44.1. The minimum Gasteiger partial charge on any atom is -0.496 e. The fourth-order valence-electron chi connectivity index (χ4n) is 9.64. The molecule has 0 saturated carbocycles. The predicted molar refractivity (Wildman–Crippen MR) is 258 cm³/mol. The molecule has 0 N–H and O–H groups in total. The number of fused-ring (bicyclic) bond motifs is 5. The molecule has 0 saturated heterocycles. The maximum absolute atomic E-state index is 7.21. The minimum absolute atomic E-state index is 0.636. The summed E-state index contributed by atoms with van der Waals surface area (Å²) in [7, 11) is -2.30. The molecule has 0 bridgehead atoms. The Bertz CT molecular complexity index is 2830. The normalized spacial score (nSPS) is 13.5. The lowest BCUT2D eigenvalue weighted by molar-refractivity contribution is 0.384. The van der Waals surface area contributed by atoms with Gasteiger partial charge in [-0.05, 0) is 223 Å². The molecule has 0 atom stereocenters. The fourth-order valence-corrected chi connectivity index (χ4v) is 12.0. The third-order valence-electron chi connectivity index (χ3n) is 12.9. The molecule has 2 aliphatic rings. The average molecular weight is 881 g/mol. The Balaban J connectivity index is 1.21. The second kappa shape index (κ2) is 17.7. The van der Waals surface area contributed by atoms with Gasteiger partial charge in [-0.2, -0.15) is 0 Å². The first-order chi connectivity index (χ1) is 30.3. The molecule has 1 aromatic heterocycles. The van der Waals surface area contributed by atoms with Crippen LogP contribution >= 0.6 is 16.8 Å². The molecule has 0 radical (unpaired) electrons. The quantitative estimate of drug-likeness (QED) is 0.127. The maximum Gasteiger partial charge on any atom is 0.530 e. The van der Waals surface area contributed by atoms with Gasteiger partial charge in [0.1, 0.15) is 39.9 Å². The fraction of sp³-hybridized carbons (Fsp3) is 0.333. The summed E-state index contributed by atoms with van der Waals surface area (Å²) in [5.41, 5.74) is 17.9. The molecule has 0 amide bonds. The van der Waals surface area contributed by atoms with Gasteiger partial charge in [-0.3, -0.25) is 0 Å². The first-order valence-corrected chi connectivity index (χ1v) is 24.5. The Labute approximate surface area is 374 Å². The van der Waals surface area contributed by atoms with Crippen LogP contribution in [0.3, 0.4) is 0 Å². The van der Waals surface area contributed by atoms with Gasteiger partial charge in [-0.1, -0.05) is 30.3 Å². The van der Waals surface area contributed by atoms with E-state index in [9.17, 15) is 0 Å². The van der Waals surface area contributed by atoms with E-state index in [4.69, 9.17) is 31.2 Å². The van der Waals surface area contributed by atoms with Crippen LogP contribution in [0.1, 0.15) is 98.0 Å². The highest BCUT2D eigenvalue weighted by Crippen LogP contribution is 2.54. The van der Waals surface area contributed by atoms with Crippen molar-refractivity contribution >= 4 is 38.8 Å². The zero-order valence-corrected chi connectivity index (χ0v) is 40.1. The van der Waals surface area contributed by atoms with E-state index < -0.39 is 16.8 Å². The summed E-state index contributed by atoms with van der Waals surface area (Å²) in [5, 5.41) is 2.00. The van der Waals surface area contributed by atoms with Crippen LogP contribution in [0.4, 0.5) is 0 Å². The van der Waals surface area contributed by atoms with Gasteiger partial charge in [-0.15, -0.1) is 0 Å². The van der Waals surface area contributed by atoms with Crippen molar-refractivity contribution in [1.29, 1.82) is 0 Å². The van der Waals surface area contributed by atoms with E-state index in [0.717, 1.165) is 126 Å². The molecule has 0 fully saturated rings. The van der Waals surface area contributed by atoms with Crippen molar-refractivity contribution in [2.24, 2.45) is 0 Å². The minimum atomic E-state index is -2.02. The largest absolute Gasteiger partial charge is 0.530 e. The average Bonchev–Trinajstić information content (AvgIpc) is 3.41. The molecule has 9 heteroatoms. The van der Waals surface area contributed by atoms with Crippen LogP contribution in [0, 0.1) is 62.3 Å². The van der Waals surface area contributed by atoms with Crippen LogP contribution in [-0.2, 0) is 25.7 Å². The number of rotatable bonds is 10. The summed E-state index contributed by atoms with van der Waals surface area (Å²) < 4.78 is 47.9. The van der Waals surface area contributed by atoms with E-state index in [1.807, 2.05) is 6.07 Å². The summed E-state index contributed by atoms with van der Waals surface area (Å²) in [6.07, 6.45) is 9.05. The number of hydrogen-bond acceptors (Lipinski definition) is 7. The van der Waals surface area contributed by atoms with Crippen LogP contribution in [0.5, 0.6) is 28.7 Å². The van der Waals surface area contributed by atoms with Crippen molar-refractivity contribution in [3.8, 4) is 39.9 Å². The molecule has 0 aliphatic heterocycles.